The van der Waals surface area contributed by atoms with E-state index in [1.54, 1.807) is 0 Å². The highest BCUT2D eigenvalue weighted by Crippen LogP contribution is 2.24. The van der Waals surface area contributed by atoms with Crippen LogP contribution in [0.4, 0.5) is 4.79 Å². The number of aromatic nitrogens is 2. The van der Waals surface area contributed by atoms with Crippen LogP contribution in [0.25, 0.3) is 11.0 Å². The maximum absolute atomic E-state index is 11.9. The molecule has 2 aromatic rings. The molecule has 0 aliphatic carbocycles. The van der Waals surface area contributed by atoms with Gasteiger partial charge in [-0.1, -0.05) is 44.7 Å². The van der Waals surface area contributed by atoms with Crippen molar-refractivity contribution in [2.24, 2.45) is 5.92 Å². The van der Waals surface area contributed by atoms with Crippen molar-refractivity contribution in [2.75, 3.05) is 18.9 Å². The van der Waals surface area contributed by atoms with Gasteiger partial charge in [-0.05, 0) is 24.5 Å². The van der Waals surface area contributed by atoms with Crippen LogP contribution >= 0.6 is 11.8 Å². The number of esters is 1. The Labute approximate surface area is 168 Å². The lowest BCUT2D eigenvalue weighted by molar-refractivity contribution is -0.145. The lowest BCUT2D eigenvalue weighted by Crippen LogP contribution is -2.42. The minimum atomic E-state index is -0.669. The number of para-hydroxylation sites is 2. The zero-order chi connectivity index (χ0) is 20.5. The number of aryl methyl sites for hydroxylation is 1. The second-order valence-electron chi connectivity index (χ2n) is 6.64. The van der Waals surface area contributed by atoms with Gasteiger partial charge in [0.1, 0.15) is 0 Å². The molecule has 8 nitrogen and oxygen atoms in total. The van der Waals surface area contributed by atoms with Crippen molar-refractivity contribution in [3.63, 3.8) is 0 Å². The van der Waals surface area contributed by atoms with Crippen molar-refractivity contribution in [2.45, 2.75) is 38.9 Å². The maximum Gasteiger partial charge on any atom is 0.321 e. The number of amides is 3. The highest BCUT2D eigenvalue weighted by Gasteiger charge is 2.15. The lowest BCUT2D eigenvalue weighted by atomic mass is 10.2. The number of imide groups is 1. The number of thioether (sulfide) groups is 1. The van der Waals surface area contributed by atoms with Gasteiger partial charge in [0, 0.05) is 13.1 Å². The van der Waals surface area contributed by atoms with Gasteiger partial charge >= 0.3 is 12.0 Å². The minimum Gasteiger partial charge on any atom is -0.455 e. The zero-order valence-corrected chi connectivity index (χ0v) is 17.2. The number of urea groups is 1. The van der Waals surface area contributed by atoms with Crippen LogP contribution in [0.2, 0.25) is 0 Å². The van der Waals surface area contributed by atoms with Crippen molar-refractivity contribution < 1.29 is 19.1 Å². The van der Waals surface area contributed by atoms with Gasteiger partial charge < -0.3 is 14.6 Å². The molecule has 0 bridgehead atoms. The van der Waals surface area contributed by atoms with Crippen LogP contribution in [-0.2, 0) is 20.9 Å². The predicted molar refractivity (Wildman–Crippen MR) is 108 cm³/mol. The Balaban J connectivity index is 1.81. The molecule has 2 rings (SSSR count). The van der Waals surface area contributed by atoms with E-state index >= 15 is 0 Å². The number of nitrogens with zero attached hydrogens (tertiary/aromatic N) is 2. The molecule has 1 aromatic carbocycles. The number of hydrogen-bond acceptors (Lipinski definition) is 6. The van der Waals surface area contributed by atoms with Crippen molar-refractivity contribution in [1.29, 1.82) is 0 Å². The van der Waals surface area contributed by atoms with E-state index in [0.29, 0.717) is 6.54 Å². The minimum absolute atomic E-state index is 0.0276. The quantitative estimate of drug-likeness (QED) is 0.490. The molecular weight excluding hydrogens is 380 g/mol. The summed E-state index contributed by atoms with van der Waals surface area (Å²) in [5.41, 5.74) is 1.89. The first-order chi connectivity index (χ1) is 13.4. The van der Waals surface area contributed by atoms with Gasteiger partial charge in [-0.3, -0.25) is 14.9 Å². The number of imidazole rings is 1. The smallest absolute Gasteiger partial charge is 0.321 e. The standard InChI is InChI=1S/C19H26N4O4S/c1-4-9-23-15-8-6-5-7-14(15)21-19(23)28-12-17(25)27-11-16(24)22-18(26)20-10-13(2)3/h5-8,13H,4,9-12H2,1-3H3,(H2,20,22,24,26). The highest BCUT2D eigenvalue weighted by molar-refractivity contribution is 7.99. The third-order valence-electron chi connectivity index (χ3n) is 3.67. The van der Waals surface area contributed by atoms with Gasteiger partial charge in [0.25, 0.3) is 5.91 Å². The Morgan fingerprint density at radius 1 is 1.25 bits per heavy atom. The highest BCUT2D eigenvalue weighted by atomic mass is 32.2. The van der Waals surface area contributed by atoms with E-state index < -0.39 is 24.5 Å². The van der Waals surface area contributed by atoms with Crippen LogP contribution in [0.3, 0.4) is 0 Å². The van der Waals surface area contributed by atoms with Crippen LogP contribution in [-0.4, -0.2) is 46.4 Å². The van der Waals surface area contributed by atoms with E-state index in [1.165, 1.54) is 11.8 Å². The molecule has 0 saturated heterocycles. The fourth-order valence-corrected chi connectivity index (χ4v) is 3.26. The molecule has 0 spiro atoms. The Kier molecular flexibility index (Phi) is 8.31. The van der Waals surface area contributed by atoms with Gasteiger partial charge in [0.2, 0.25) is 0 Å². The molecule has 9 heteroatoms. The van der Waals surface area contributed by atoms with Gasteiger partial charge in [0.15, 0.2) is 11.8 Å². The molecular formula is C19H26N4O4S. The molecule has 28 heavy (non-hydrogen) atoms. The fraction of sp³-hybridized carbons (Fsp3) is 0.474. The molecule has 0 unspecified atom stereocenters. The Morgan fingerprint density at radius 2 is 2.00 bits per heavy atom. The molecule has 0 saturated carbocycles. The molecule has 0 aliphatic heterocycles. The van der Waals surface area contributed by atoms with Crippen molar-refractivity contribution in [3.05, 3.63) is 24.3 Å². The molecule has 0 radical (unpaired) electrons. The fourth-order valence-electron chi connectivity index (χ4n) is 2.42. The van der Waals surface area contributed by atoms with Gasteiger partial charge in [-0.15, -0.1) is 0 Å². The van der Waals surface area contributed by atoms with E-state index in [4.69, 9.17) is 4.74 Å². The van der Waals surface area contributed by atoms with Crippen LogP contribution < -0.4 is 10.6 Å². The Morgan fingerprint density at radius 3 is 2.71 bits per heavy atom. The van der Waals surface area contributed by atoms with Gasteiger partial charge in [0.05, 0.1) is 16.8 Å². The van der Waals surface area contributed by atoms with Crippen LogP contribution in [0.5, 0.6) is 0 Å². The van der Waals surface area contributed by atoms with Crippen molar-refractivity contribution >= 4 is 40.7 Å². The van der Waals surface area contributed by atoms with Gasteiger partial charge in [-0.25, -0.2) is 9.78 Å². The summed E-state index contributed by atoms with van der Waals surface area (Å²) in [6, 6.07) is 7.20. The molecule has 152 valence electrons. The first-order valence-corrected chi connectivity index (χ1v) is 10.2. The summed E-state index contributed by atoms with van der Waals surface area (Å²) in [5.74, 6) is -0.914. The van der Waals surface area contributed by atoms with Crippen LogP contribution in [0.1, 0.15) is 27.2 Å². The maximum atomic E-state index is 11.9. The summed E-state index contributed by atoms with van der Waals surface area (Å²) in [5, 5.41) is 5.40. The van der Waals surface area contributed by atoms with Crippen molar-refractivity contribution in [3.8, 4) is 0 Å². The zero-order valence-electron chi connectivity index (χ0n) is 16.4. The SMILES string of the molecule is CCCn1c(SCC(=O)OCC(=O)NC(=O)NCC(C)C)nc2ccccc21. The normalized spacial score (nSPS) is 10.9. The van der Waals surface area contributed by atoms with E-state index in [0.717, 1.165) is 29.2 Å². The molecule has 0 aliphatic rings. The monoisotopic (exact) mass is 406 g/mol. The summed E-state index contributed by atoms with van der Waals surface area (Å²) in [7, 11) is 0. The van der Waals surface area contributed by atoms with Gasteiger partial charge in [-0.2, -0.15) is 0 Å². The molecule has 0 atom stereocenters. The predicted octanol–water partition coefficient (Wildman–Crippen LogP) is 2.56. The second-order valence-corrected chi connectivity index (χ2v) is 7.58. The molecule has 1 heterocycles. The first kappa shape index (κ1) is 21.7. The summed E-state index contributed by atoms with van der Waals surface area (Å²) in [4.78, 5) is 39.7. The second kappa shape index (κ2) is 10.7. The Bertz CT molecular complexity index is 834. The molecule has 3 amide bonds. The number of rotatable bonds is 9. The van der Waals surface area contributed by atoms with Crippen LogP contribution in [0.15, 0.2) is 29.4 Å². The number of hydrogen-bond donors (Lipinski definition) is 2. The number of nitrogens with one attached hydrogen (secondary N) is 2. The largest absolute Gasteiger partial charge is 0.455 e. The van der Waals surface area contributed by atoms with E-state index in [1.807, 2.05) is 38.1 Å². The number of benzene rings is 1. The van der Waals surface area contributed by atoms with E-state index in [2.05, 4.69) is 27.1 Å². The average molecular weight is 407 g/mol. The third-order valence-corrected chi connectivity index (χ3v) is 4.62. The van der Waals surface area contributed by atoms with E-state index in [9.17, 15) is 14.4 Å². The summed E-state index contributed by atoms with van der Waals surface area (Å²) in [6.07, 6.45) is 0.942. The summed E-state index contributed by atoms with van der Waals surface area (Å²) >= 11 is 1.26. The van der Waals surface area contributed by atoms with Crippen LogP contribution in [0, 0.1) is 5.92 Å². The topological polar surface area (TPSA) is 102 Å². The summed E-state index contributed by atoms with van der Waals surface area (Å²) < 4.78 is 7.01. The Hall–Kier alpha value is -2.55. The number of carbonyl (C=O) groups excluding carboxylic acids is 3. The average Bonchev–Trinajstić information content (AvgIpc) is 3.01. The number of ether oxygens (including phenoxy) is 1. The molecule has 1 aromatic heterocycles. The number of fused-ring (bicyclic) bond motifs is 1. The van der Waals surface area contributed by atoms with Crippen molar-refractivity contribution in [1.82, 2.24) is 20.2 Å². The summed E-state index contributed by atoms with van der Waals surface area (Å²) in [6.45, 7) is 6.71. The van der Waals surface area contributed by atoms with E-state index in [-0.39, 0.29) is 11.7 Å². The third kappa shape index (κ3) is 6.56. The molecule has 0 fully saturated rings. The lowest BCUT2D eigenvalue weighted by Gasteiger charge is -2.09. The molecule has 2 N–H and O–H groups in total. The first-order valence-electron chi connectivity index (χ1n) is 9.22. The number of carbonyl (C=O) groups is 3.